The molecule has 0 saturated carbocycles. The summed E-state index contributed by atoms with van der Waals surface area (Å²) in [6.07, 6.45) is 6.13. The van der Waals surface area contributed by atoms with E-state index in [1.807, 2.05) is 12.1 Å². The second kappa shape index (κ2) is 12.4. The molecule has 1 saturated heterocycles. The van der Waals surface area contributed by atoms with Gasteiger partial charge in [-0.2, -0.15) is 0 Å². The minimum atomic E-state index is 0. The van der Waals surface area contributed by atoms with E-state index >= 15 is 0 Å². The average molecular weight is 460 g/mol. The van der Waals surface area contributed by atoms with E-state index in [-0.39, 0.29) is 30.0 Å². The number of unbranched alkanes of at least 4 members (excludes halogenated alkanes) is 1. The molecule has 0 amide bonds. The number of ether oxygens (including phenoxy) is 1. The van der Waals surface area contributed by atoms with Gasteiger partial charge < -0.3 is 15.8 Å². The molecule has 6 heteroatoms. The molecule has 1 aromatic rings. The van der Waals surface area contributed by atoms with Crippen LogP contribution >= 0.6 is 24.0 Å². The first-order valence-corrected chi connectivity index (χ1v) is 9.16. The minimum Gasteiger partial charge on any atom is -0.497 e. The van der Waals surface area contributed by atoms with E-state index in [1.165, 1.54) is 24.8 Å². The average Bonchev–Trinajstić information content (AvgIpc) is 2.63. The molecule has 142 valence electrons. The van der Waals surface area contributed by atoms with E-state index in [1.54, 1.807) is 7.11 Å². The molecule has 25 heavy (non-hydrogen) atoms. The van der Waals surface area contributed by atoms with Gasteiger partial charge in [0, 0.05) is 6.54 Å². The fraction of sp³-hybridized carbons (Fsp3) is 0.632. The number of likely N-dealkylation sites (tertiary alicyclic amines) is 1. The number of methoxy groups -OCH3 is 1. The van der Waals surface area contributed by atoms with Gasteiger partial charge in [-0.3, -0.25) is 9.89 Å². The summed E-state index contributed by atoms with van der Waals surface area (Å²) in [5.74, 6) is 1.44. The lowest BCUT2D eigenvalue weighted by Gasteiger charge is -2.34. The van der Waals surface area contributed by atoms with Gasteiger partial charge in [0.15, 0.2) is 5.96 Å². The Morgan fingerprint density at radius 2 is 1.92 bits per heavy atom. The number of hydrogen-bond donors (Lipinski definition) is 2. The normalized spacial score (nSPS) is 16.8. The Morgan fingerprint density at radius 1 is 1.24 bits per heavy atom. The van der Waals surface area contributed by atoms with Gasteiger partial charge in [0.25, 0.3) is 0 Å². The van der Waals surface area contributed by atoms with Gasteiger partial charge in [-0.1, -0.05) is 31.9 Å². The van der Waals surface area contributed by atoms with Crippen molar-refractivity contribution in [3.8, 4) is 5.75 Å². The second-order valence-corrected chi connectivity index (χ2v) is 6.39. The van der Waals surface area contributed by atoms with Gasteiger partial charge in [0.1, 0.15) is 5.75 Å². The summed E-state index contributed by atoms with van der Waals surface area (Å²) in [7, 11) is 1.70. The summed E-state index contributed by atoms with van der Waals surface area (Å²) in [6, 6.07) is 8.63. The zero-order chi connectivity index (χ0) is 17.2. The Bertz CT molecular complexity index is 501. The van der Waals surface area contributed by atoms with Crippen LogP contribution in [0.15, 0.2) is 29.3 Å². The molecular formula is C19H33IN4O. The van der Waals surface area contributed by atoms with Crippen LogP contribution in [0.5, 0.6) is 5.75 Å². The lowest BCUT2D eigenvalue weighted by Crippen LogP contribution is -2.37. The van der Waals surface area contributed by atoms with E-state index in [2.05, 4.69) is 34.3 Å². The molecule has 0 spiro atoms. The Hall–Kier alpha value is -1.02. The van der Waals surface area contributed by atoms with E-state index in [0.717, 1.165) is 38.2 Å². The van der Waals surface area contributed by atoms with Crippen LogP contribution < -0.4 is 15.8 Å². The molecule has 1 fully saturated rings. The molecule has 1 atom stereocenters. The topological polar surface area (TPSA) is 62.9 Å². The minimum absolute atomic E-state index is 0. The van der Waals surface area contributed by atoms with Crippen molar-refractivity contribution in [3.63, 3.8) is 0 Å². The number of nitrogens with one attached hydrogen (secondary N) is 1. The lowest BCUT2D eigenvalue weighted by molar-refractivity contribution is 0.168. The summed E-state index contributed by atoms with van der Waals surface area (Å²) in [5.41, 5.74) is 7.30. The van der Waals surface area contributed by atoms with E-state index in [0.29, 0.717) is 12.5 Å². The third-order valence-corrected chi connectivity index (χ3v) is 4.60. The molecule has 2 rings (SSSR count). The van der Waals surface area contributed by atoms with E-state index < -0.39 is 0 Å². The molecule has 1 aliphatic heterocycles. The maximum Gasteiger partial charge on any atom is 0.188 e. The SMILES string of the molecule is CCCCNC(N)=NCC(c1ccc(OC)cc1)N1CCCCC1.I. The van der Waals surface area contributed by atoms with Gasteiger partial charge in [0.2, 0.25) is 0 Å². The van der Waals surface area contributed by atoms with Crippen molar-refractivity contribution >= 4 is 29.9 Å². The Balaban J connectivity index is 0.00000312. The number of rotatable bonds is 8. The molecule has 3 N–H and O–H groups in total. The molecule has 1 aliphatic rings. The Labute approximate surface area is 169 Å². The van der Waals surface area contributed by atoms with Crippen LogP contribution in [0.25, 0.3) is 0 Å². The first-order valence-electron chi connectivity index (χ1n) is 9.16. The Kier molecular flexibility index (Phi) is 10.9. The first kappa shape index (κ1) is 22.0. The summed E-state index contributed by atoms with van der Waals surface area (Å²) >= 11 is 0. The molecule has 0 radical (unpaired) electrons. The highest BCUT2D eigenvalue weighted by atomic mass is 127. The van der Waals surface area contributed by atoms with Crippen LogP contribution in [-0.4, -0.2) is 44.1 Å². The third kappa shape index (κ3) is 7.40. The van der Waals surface area contributed by atoms with Crippen molar-refractivity contribution in [2.45, 2.75) is 45.1 Å². The smallest absolute Gasteiger partial charge is 0.188 e. The largest absolute Gasteiger partial charge is 0.497 e. The highest BCUT2D eigenvalue weighted by Crippen LogP contribution is 2.26. The predicted molar refractivity (Wildman–Crippen MR) is 116 cm³/mol. The van der Waals surface area contributed by atoms with Crippen LogP contribution in [0.3, 0.4) is 0 Å². The number of piperidine rings is 1. The molecule has 0 bridgehead atoms. The number of aliphatic imine (C=N–C) groups is 1. The van der Waals surface area contributed by atoms with Gasteiger partial charge in [-0.25, -0.2) is 0 Å². The molecule has 1 heterocycles. The monoisotopic (exact) mass is 460 g/mol. The number of hydrogen-bond acceptors (Lipinski definition) is 3. The van der Waals surface area contributed by atoms with Crippen LogP contribution in [0.4, 0.5) is 0 Å². The molecule has 5 nitrogen and oxygen atoms in total. The molecule has 0 aliphatic carbocycles. The zero-order valence-corrected chi connectivity index (χ0v) is 17.9. The van der Waals surface area contributed by atoms with Gasteiger partial charge in [0.05, 0.1) is 19.7 Å². The van der Waals surface area contributed by atoms with Crippen LogP contribution in [0, 0.1) is 0 Å². The first-order chi connectivity index (χ1) is 11.7. The summed E-state index contributed by atoms with van der Waals surface area (Å²) < 4.78 is 5.28. The standard InChI is InChI=1S/C19H32N4O.HI/c1-3-4-12-21-19(20)22-15-18(23-13-6-5-7-14-23)16-8-10-17(24-2)11-9-16;/h8-11,18H,3-7,12-15H2,1-2H3,(H3,20,21,22);1H. The van der Waals surface area contributed by atoms with Crippen LogP contribution in [0.1, 0.15) is 50.6 Å². The number of nitrogens with two attached hydrogens (primary N) is 1. The van der Waals surface area contributed by atoms with Crippen molar-refractivity contribution in [1.82, 2.24) is 10.2 Å². The number of halogens is 1. The zero-order valence-electron chi connectivity index (χ0n) is 15.5. The van der Waals surface area contributed by atoms with Crippen molar-refractivity contribution in [2.75, 3.05) is 33.3 Å². The highest BCUT2D eigenvalue weighted by Gasteiger charge is 2.22. The molecule has 0 aromatic heterocycles. The van der Waals surface area contributed by atoms with E-state index in [4.69, 9.17) is 10.5 Å². The predicted octanol–water partition coefficient (Wildman–Crippen LogP) is 3.54. The van der Waals surface area contributed by atoms with Crippen molar-refractivity contribution in [2.24, 2.45) is 10.7 Å². The van der Waals surface area contributed by atoms with E-state index in [9.17, 15) is 0 Å². The van der Waals surface area contributed by atoms with Gasteiger partial charge in [-0.15, -0.1) is 24.0 Å². The molecular weight excluding hydrogens is 427 g/mol. The van der Waals surface area contributed by atoms with Crippen LogP contribution in [0.2, 0.25) is 0 Å². The highest BCUT2D eigenvalue weighted by molar-refractivity contribution is 14.0. The lowest BCUT2D eigenvalue weighted by atomic mass is 10.0. The van der Waals surface area contributed by atoms with Crippen molar-refractivity contribution in [3.05, 3.63) is 29.8 Å². The maximum absolute atomic E-state index is 6.02. The second-order valence-electron chi connectivity index (χ2n) is 6.39. The molecule has 1 unspecified atom stereocenters. The van der Waals surface area contributed by atoms with Gasteiger partial charge in [-0.05, 0) is 50.0 Å². The van der Waals surface area contributed by atoms with Crippen molar-refractivity contribution < 1.29 is 4.74 Å². The fourth-order valence-electron chi connectivity index (χ4n) is 3.12. The maximum atomic E-state index is 6.02. The fourth-order valence-corrected chi connectivity index (χ4v) is 3.12. The van der Waals surface area contributed by atoms with Crippen LogP contribution in [-0.2, 0) is 0 Å². The third-order valence-electron chi connectivity index (χ3n) is 4.60. The number of guanidine groups is 1. The van der Waals surface area contributed by atoms with Crippen molar-refractivity contribution in [1.29, 1.82) is 0 Å². The Morgan fingerprint density at radius 3 is 2.52 bits per heavy atom. The van der Waals surface area contributed by atoms with Gasteiger partial charge >= 0.3 is 0 Å². The summed E-state index contributed by atoms with van der Waals surface area (Å²) in [4.78, 5) is 7.14. The number of nitrogens with zero attached hydrogens (tertiary/aromatic N) is 2. The summed E-state index contributed by atoms with van der Waals surface area (Å²) in [5, 5.41) is 3.20. The number of benzene rings is 1. The molecule has 1 aromatic carbocycles. The quantitative estimate of drug-likeness (QED) is 0.270. The summed E-state index contributed by atoms with van der Waals surface area (Å²) in [6.45, 7) is 6.02.